The van der Waals surface area contributed by atoms with E-state index in [4.69, 9.17) is 9.47 Å². The highest BCUT2D eigenvalue weighted by atomic mass is 79.9. The third-order valence-electron chi connectivity index (χ3n) is 3.38. The maximum atomic E-state index is 11.9. The first kappa shape index (κ1) is 13.5. The molecule has 0 amide bonds. The Hall–Kier alpha value is -1.46. The van der Waals surface area contributed by atoms with E-state index < -0.39 is 0 Å². The molecule has 0 unspecified atom stereocenters. The first-order chi connectivity index (χ1) is 9.72. The largest absolute Gasteiger partial charge is 0.406 e. The van der Waals surface area contributed by atoms with Crippen molar-refractivity contribution in [3.63, 3.8) is 0 Å². The van der Waals surface area contributed by atoms with Gasteiger partial charge in [0.25, 0.3) is 0 Å². The zero-order valence-electron chi connectivity index (χ0n) is 10.8. The van der Waals surface area contributed by atoms with Crippen LogP contribution in [0.25, 0.3) is 6.08 Å². The lowest BCUT2D eigenvalue weighted by molar-refractivity contribution is -0.130. The molecule has 5 heteroatoms. The quantitative estimate of drug-likeness (QED) is 0.616. The molecule has 0 aromatic heterocycles. The van der Waals surface area contributed by atoms with Crippen molar-refractivity contribution in [2.24, 2.45) is 10.9 Å². The van der Waals surface area contributed by atoms with Crippen LogP contribution in [0.5, 0.6) is 0 Å². The van der Waals surface area contributed by atoms with Gasteiger partial charge >= 0.3 is 5.97 Å². The van der Waals surface area contributed by atoms with E-state index >= 15 is 0 Å². The second kappa shape index (κ2) is 5.89. The fourth-order valence-electron chi connectivity index (χ4n) is 2.26. The number of aliphatic imine (C=N–C) groups is 1. The number of cyclic esters (lactones) is 1. The van der Waals surface area contributed by atoms with Crippen LogP contribution in [0.15, 0.2) is 39.4 Å². The molecule has 4 nitrogen and oxygen atoms in total. The Bertz CT molecular complexity index is 571. The number of halogens is 1. The van der Waals surface area contributed by atoms with E-state index in [9.17, 15) is 4.79 Å². The summed E-state index contributed by atoms with van der Waals surface area (Å²) in [6.45, 7) is 1.40. The monoisotopic (exact) mass is 335 g/mol. The fraction of sp³-hybridized carbons (Fsp3) is 0.333. The predicted molar refractivity (Wildman–Crippen MR) is 79.2 cm³/mol. The van der Waals surface area contributed by atoms with E-state index in [1.807, 2.05) is 24.3 Å². The van der Waals surface area contributed by atoms with Gasteiger partial charge in [-0.05, 0) is 36.6 Å². The number of carbonyl (C=O) groups is 1. The second-order valence-corrected chi connectivity index (χ2v) is 5.72. The molecule has 2 aliphatic rings. The zero-order chi connectivity index (χ0) is 13.9. The first-order valence-corrected chi connectivity index (χ1v) is 7.37. The molecule has 0 aliphatic carbocycles. The van der Waals surface area contributed by atoms with E-state index in [0.29, 0.717) is 24.8 Å². The summed E-state index contributed by atoms with van der Waals surface area (Å²) < 4.78 is 11.6. The Morgan fingerprint density at radius 1 is 1.20 bits per heavy atom. The van der Waals surface area contributed by atoms with E-state index in [0.717, 1.165) is 22.9 Å². The number of carbonyl (C=O) groups excluding carboxylic acids is 1. The van der Waals surface area contributed by atoms with Gasteiger partial charge in [0.1, 0.15) is 0 Å². The summed E-state index contributed by atoms with van der Waals surface area (Å²) in [6.07, 6.45) is 3.47. The first-order valence-electron chi connectivity index (χ1n) is 6.58. The van der Waals surface area contributed by atoms with Crippen LogP contribution in [0.3, 0.4) is 0 Å². The fourth-order valence-corrected chi connectivity index (χ4v) is 2.53. The van der Waals surface area contributed by atoms with E-state index in [-0.39, 0.29) is 11.9 Å². The highest BCUT2D eigenvalue weighted by Crippen LogP contribution is 2.24. The van der Waals surface area contributed by atoms with Gasteiger partial charge in [-0.15, -0.1) is 0 Å². The van der Waals surface area contributed by atoms with Crippen LogP contribution < -0.4 is 0 Å². The summed E-state index contributed by atoms with van der Waals surface area (Å²) in [5, 5.41) is 0. The van der Waals surface area contributed by atoms with Gasteiger partial charge in [-0.1, -0.05) is 28.1 Å². The highest BCUT2D eigenvalue weighted by molar-refractivity contribution is 9.10. The standard InChI is InChI=1S/C15H14BrNO3/c16-12-3-1-10(2-4-12)9-13-15(18)20-14(17-13)11-5-7-19-8-6-11/h1-4,9,11H,5-8H2/b13-9+. The third-order valence-corrected chi connectivity index (χ3v) is 3.91. The lowest BCUT2D eigenvalue weighted by Gasteiger charge is -2.20. The number of hydrogen-bond acceptors (Lipinski definition) is 4. The Morgan fingerprint density at radius 2 is 1.90 bits per heavy atom. The molecule has 0 bridgehead atoms. The second-order valence-electron chi connectivity index (χ2n) is 4.81. The minimum absolute atomic E-state index is 0.198. The summed E-state index contributed by atoms with van der Waals surface area (Å²) in [6, 6.07) is 7.70. The average molecular weight is 336 g/mol. The topological polar surface area (TPSA) is 47.9 Å². The summed E-state index contributed by atoms with van der Waals surface area (Å²) in [7, 11) is 0. The molecule has 104 valence electrons. The van der Waals surface area contributed by atoms with Gasteiger partial charge in [-0.3, -0.25) is 0 Å². The Balaban J connectivity index is 1.80. The summed E-state index contributed by atoms with van der Waals surface area (Å²) in [5.41, 5.74) is 1.30. The van der Waals surface area contributed by atoms with Crippen molar-refractivity contribution < 1.29 is 14.3 Å². The van der Waals surface area contributed by atoms with Gasteiger partial charge in [0.15, 0.2) is 5.70 Å². The van der Waals surface area contributed by atoms with Gasteiger partial charge in [-0.2, -0.15) is 0 Å². The molecule has 2 heterocycles. The van der Waals surface area contributed by atoms with Crippen molar-refractivity contribution in [2.75, 3.05) is 13.2 Å². The molecule has 1 fully saturated rings. The molecule has 0 saturated carbocycles. The van der Waals surface area contributed by atoms with Crippen molar-refractivity contribution in [2.45, 2.75) is 12.8 Å². The molecule has 20 heavy (non-hydrogen) atoms. The molecule has 0 atom stereocenters. The molecule has 0 radical (unpaired) electrons. The SMILES string of the molecule is O=C1OC(C2CCOCC2)=N/C1=C/c1ccc(Br)cc1. The molecule has 1 aromatic rings. The summed E-state index contributed by atoms with van der Waals surface area (Å²) in [5.74, 6) is 0.375. The molecule has 2 aliphatic heterocycles. The normalized spacial score (nSPS) is 21.9. The number of nitrogens with zero attached hydrogens (tertiary/aromatic N) is 1. The maximum Gasteiger partial charge on any atom is 0.363 e. The van der Waals surface area contributed by atoms with Gasteiger partial charge in [-0.25, -0.2) is 9.79 Å². The lowest BCUT2D eigenvalue weighted by Crippen LogP contribution is -2.24. The minimum Gasteiger partial charge on any atom is -0.406 e. The third kappa shape index (κ3) is 2.99. The molecule has 3 rings (SSSR count). The Kier molecular flexibility index (Phi) is 3.98. The van der Waals surface area contributed by atoms with Crippen molar-refractivity contribution in [3.05, 3.63) is 40.0 Å². The van der Waals surface area contributed by atoms with Crippen molar-refractivity contribution in [1.82, 2.24) is 0 Å². The van der Waals surface area contributed by atoms with Crippen molar-refractivity contribution in [1.29, 1.82) is 0 Å². The maximum absolute atomic E-state index is 11.9. The predicted octanol–water partition coefficient (Wildman–Crippen LogP) is 3.17. The summed E-state index contributed by atoms with van der Waals surface area (Å²) in [4.78, 5) is 16.2. The van der Waals surface area contributed by atoms with E-state index in [1.165, 1.54) is 0 Å². The van der Waals surface area contributed by atoms with Crippen LogP contribution in [-0.4, -0.2) is 25.1 Å². The lowest BCUT2D eigenvalue weighted by atomic mass is 10.0. The molecule has 0 spiro atoms. The van der Waals surface area contributed by atoms with Crippen LogP contribution in [0.4, 0.5) is 0 Å². The van der Waals surface area contributed by atoms with Crippen molar-refractivity contribution in [3.8, 4) is 0 Å². The Labute approximate surface area is 125 Å². The average Bonchev–Trinajstić information content (AvgIpc) is 2.84. The van der Waals surface area contributed by atoms with Crippen LogP contribution in [0.1, 0.15) is 18.4 Å². The van der Waals surface area contributed by atoms with E-state index in [2.05, 4.69) is 20.9 Å². The van der Waals surface area contributed by atoms with Gasteiger partial charge in [0, 0.05) is 23.6 Å². The van der Waals surface area contributed by atoms with Gasteiger partial charge in [0.2, 0.25) is 5.90 Å². The number of rotatable bonds is 2. The number of esters is 1. The van der Waals surface area contributed by atoms with Crippen LogP contribution in [0.2, 0.25) is 0 Å². The number of benzene rings is 1. The summed E-state index contributed by atoms with van der Waals surface area (Å²) >= 11 is 3.38. The zero-order valence-corrected chi connectivity index (χ0v) is 12.4. The molecule has 1 saturated heterocycles. The van der Waals surface area contributed by atoms with Crippen LogP contribution in [0, 0.1) is 5.92 Å². The minimum atomic E-state index is -0.366. The van der Waals surface area contributed by atoms with Crippen LogP contribution in [-0.2, 0) is 14.3 Å². The van der Waals surface area contributed by atoms with E-state index in [1.54, 1.807) is 6.08 Å². The smallest absolute Gasteiger partial charge is 0.363 e. The molecule has 0 N–H and O–H groups in total. The van der Waals surface area contributed by atoms with Gasteiger partial charge < -0.3 is 9.47 Å². The highest BCUT2D eigenvalue weighted by Gasteiger charge is 2.30. The van der Waals surface area contributed by atoms with Crippen LogP contribution >= 0.6 is 15.9 Å². The molecular weight excluding hydrogens is 322 g/mol. The van der Waals surface area contributed by atoms with Crippen molar-refractivity contribution >= 4 is 33.9 Å². The molecular formula is C15H14BrNO3. The number of hydrogen-bond donors (Lipinski definition) is 0. The molecule has 1 aromatic carbocycles. The van der Waals surface area contributed by atoms with Gasteiger partial charge in [0.05, 0.1) is 0 Å². The number of ether oxygens (including phenoxy) is 2. The Morgan fingerprint density at radius 3 is 2.60 bits per heavy atom.